The molecule has 0 aliphatic heterocycles. The van der Waals surface area contributed by atoms with Crippen LogP contribution in [0.2, 0.25) is 0 Å². The molecule has 0 unspecified atom stereocenters. The van der Waals surface area contributed by atoms with Crippen LogP contribution in [-0.2, 0) is 13.0 Å². The second-order valence-electron chi connectivity index (χ2n) is 3.67. The topological polar surface area (TPSA) is 55.1 Å². The van der Waals surface area contributed by atoms with Gasteiger partial charge in [0.25, 0.3) is 0 Å². The lowest BCUT2D eigenvalue weighted by Gasteiger charge is -2.00. The number of primary amides is 1. The lowest BCUT2D eigenvalue weighted by molar-refractivity contribution is 0.100. The van der Waals surface area contributed by atoms with Crippen LogP contribution in [0.25, 0.3) is 0 Å². The van der Waals surface area contributed by atoms with E-state index in [9.17, 15) is 4.79 Å². The van der Waals surface area contributed by atoms with Crippen molar-refractivity contribution in [3.8, 4) is 0 Å². The van der Waals surface area contributed by atoms with Gasteiger partial charge in [0.2, 0.25) is 5.91 Å². The maximum atomic E-state index is 10.9. The predicted octanol–water partition coefficient (Wildman–Crippen LogP) is 2.24. The molecule has 1 amide bonds. The summed E-state index contributed by atoms with van der Waals surface area (Å²) in [6.45, 7) is 1.74. The molecule has 0 saturated carbocycles. The molecule has 5 heteroatoms. The summed E-state index contributed by atoms with van der Waals surface area (Å²) in [6, 6.07) is 6.06. The highest BCUT2D eigenvalue weighted by atomic mass is 32.1. The fourth-order valence-corrected chi connectivity index (χ4v) is 3.03. The Bertz CT molecular complexity index is 476. The first-order valence-corrected chi connectivity index (χ1v) is 7.12. The Labute approximate surface area is 108 Å². The fraction of sp³-hybridized carbons (Fsp3) is 0.250. The summed E-state index contributed by atoms with van der Waals surface area (Å²) in [5.41, 5.74) is 5.80. The molecule has 0 aromatic carbocycles. The molecule has 3 N–H and O–H groups in total. The number of hydrogen-bond acceptors (Lipinski definition) is 4. The van der Waals surface area contributed by atoms with Gasteiger partial charge in [0, 0.05) is 28.2 Å². The Morgan fingerprint density at radius 1 is 1.35 bits per heavy atom. The van der Waals surface area contributed by atoms with Gasteiger partial charge in [-0.2, -0.15) is 0 Å². The molecule has 2 aromatic heterocycles. The van der Waals surface area contributed by atoms with Crippen LogP contribution in [-0.4, -0.2) is 12.5 Å². The number of nitrogens with two attached hydrogens (primary N) is 1. The quantitative estimate of drug-likeness (QED) is 0.788. The number of nitrogens with one attached hydrogen (secondary N) is 1. The van der Waals surface area contributed by atoms with Crippen LogP contribution in [0.1, 0.15) is 20.1 Å². The Balaban J connectivity index is 1.72. The molecule has 3 nitrogen and oxygen atoms in total. The molecular weight excluding hydrogens is 252 g/mol. The van der Waals surface area contributed by atoms with Crippen molar-refractivity contribution in [1.82, 2.24) is 5.32 Å². The van der Waals surface area contributed by atoms with Crippen LogP contribution in [0.5, 0.6) is 0 Å². The molecule has 17 heavy (non-hydrogen) atoms. The summed E-state index contributed by atoms with van der Waals surface area (Å²) in [7, 11) is 0. The van der Waals surface area contributed by atoms with Crippen LogP contribution < -0.4 is 11.1 Å². The van der Waals surface area contributed by atoms with E-state index in [0.29, 0.717) is 5.56 Å². The average Bonchev–Trinajstić information content (AvgIpc) is 2.96. The smallest absolute Gasteiger partial charge is 0.249 e. The van der Waals surface area contributed by atoms with Gasteiger partial charge in [0.15, 0.2) is 0 Å². The minimum absolute atomic E-state index is 0.355. The Morgan fingerprint density at radius 3 is 2.88 bits per heavy atom. The third-order valence-electron chi connectivity index (χ3n) is 2.37. The standard InChI is InChI=1S/C12H14N2OS2/c13-12(15)9-6-11(17-8-9)7-14-4-3-10-2-1-5-16-10/h1-2,5-6,8,14H,3-4,7H2,(H2,13,15). The van der Waals surface area contributed by atoms with Gasteiger partial charge in [-0.05, 0) is 23.9 Å². The maximum Gasteiger partial charge on any atom is 0.249 e. The molecule has 2 aromatic rings. The maximum absolute atomic E-state index is 10.9. The van der Waals surface area contributed by atoms with Crippen LogP contribution >= 0.6 is 22.7 Å². The lowest BCUT2D eigenvalue weighted by Crippen LogP contribution is -2.15. The minimum atomic E-state index is -0.355. The summed E-state index contributed by atoms with van der Waals surface area (Å²) in [5.74, 6) is -0.355. The second kappa shape index (κ2) is 5.95. The van der Waals surface area contributed by atoms with Crippen LogP contribution in [0.3, 0.4) is 0 Å². The highest BCUT2D eigenvalue weighted by molar-refractivity contribution is 7.10. The molecule has 0 bridgehead atoms. The van der Waals surface area contributed by atoms with Crippen LogP contribution in [0.15, 0.2) is 29.0 Å². The zero-order valence-electron chi connectivity index (χ0n) is 9.31. The first-order valence-electron chi connectivity index (χ1n) is 5.36. The van der Waals surface area contributed by atoms with Crippen molar-refractivity contribution in [2.24, 2.45) is 5.73 Å². The molecule has 0 radical (unpaired) electrons. The minimum Gasteiger partial charge on any atom is -0.366 e. The molecule has 2 heterocycles. The first kappa shape index (κ1) is 12.3. The monoisotopic (exact) mass is 266 g/mol. The van der Waals surface area contributed by atoms with E-state index in [-0.39, 0.29) is 5.91 Å². The molecule has 90 valence electrons. The van der Waals surface area contributed by atoms with E-state index in [1.165, 1.54) is 4.88 Å². The Morgan fingerprint density at radius 2 is 2.24 bits per heavy atom. The summed E-state index contributed by atoms with van der Waals surface area (Å²) in [5, 5.41) is 7.25. The van der Waals surface area contributed by atoms with Gasteiger partial charge >= 0.3 is 0 Å². The van der Waals surface area contributed by atoms with Gasteiger partial charge in [-0.1, -0.05) is 6.07 Å². The molecule has 0 aliphatic rings. The number of carbonyl (C=O) groups is 1. The van der Waals surface area contributed by atoms with E-state index < -0.39 is 0 Å². The molecular formula is C12H14N2OS2. The lowest BCUT2D eigenvalue weighted by atomic mass is 10.3. The summed E-state index contributed by atoms with van der Waals surface area (Å²) < 4.78 is 0. The van der Waals surface area contributed by atoms with Gasteiger partial charge in [-0.15, -0.1) is 22.7 Å². The molecule has 0 fully saturated rings. The second-order valence-corrected chi connectivity index (χ2v) is 5.70. The average molecular weight is 266 g/mol. The van der Waals surface area contributed by atoms with Gasteiger partial charge < -0.3 is 11.1 Å². The Kier molecular flexibility index (Phi) is 4.30. The van der Waals surface area contributed by atoms with Crippen molar-refractivity contribution in [2.75, 3.05) is 6.54 Å². The van der Waals surface area contributed by atoms with Crippen LogP contribution in [0, 0.1) is 0 Å². The summed E-state index contributed by atoms with van der Waals surface area (Å²) >= 11 is 3.34. The van der Waals surface area contributed by atoms with Crippen molar-refractivity contribution in [3.05, 3.63) is 44.3 Å². The number of thiophene rings is 2. The molecule has 0 atom stereocenters. The number of hydrogen-bond donors (Lipinski definition) is 2. The van der Waals surface area contributed by atoms with E-state index in [4.69, 9.17) is 5.73 Å². The highest BCUT2D eigenvalue weighted by Gasteiger charge is 2.04. The van der Waals surface area contributed by atoms with Gasteiger partial charge in [0.1, 0.15) is 0 Å². The van der Waals surface area contributed by atoms with E-state index in [1.54, 1.807) is 28.1 Å². The van der Waals surface area contributed by atoms with E-state index in [2.05, 4.69) is 22.8 Å². The largest absolute Gasteiger partial charge is 0.366 e. The van der Waals surface area contributed by atoms with E-state index in [1.807, 2.05) is 6.07 Å². The van der Waals surface area contributed by atoms with Crippen molar-refractivity contribution >= 4 is 28.6 Å². The fourth-order valence-electron chi connectivity index (χ4n) is 1.48. The van der Waals surface area contributed by atoms with Crippen molar-refractivity contribution < 1.29 is 4.79 Å². The van der Waals surface area contributed by atoms with Gasteiger partial charge in [-0.3, -0.25) is 4.79 Å². The summed E-state index contributed by atoms with van der Waals surface area (Å²) in [4.78, 5) is 13.4. The van der Waals surface area contributed by atoms with Crippen LogP contribution in [0.4, 0.5) is 0 Å². The normalized spacial score (nSPS) is 10.6. The van der Waals surface area contributed by atoms with E-state index >= 15 is 0 Å². The highest BCUT2D eigenvalue weighted by Crippen LogP contribution is 2.14. The van der Waals surface area contributed by atoms with Gasteiger partial charge in [-0.25, -0.2) is 0 Å². The summed E-state index contributed by atoms with van der Waals surface area (Å²) in [6.07, 6.45) is 1.05. The molecule has 2 rings (SSSR count). The molecule has 0 saturated heterocycles. The third kappa shape index (κ3) is 3.66. The SMILES string of the molecule is NC(=O)c1csc(CNCCc2cccs2)c1. The number of carbonyl (C=O) groups excluding carboxylic acids is 1. The zero-order chi connectivity index (χ0) is 12.1. The predicted molar refractivity (Wildman–Crippen MR) is 72.6 cm³/mol. The van der Waals surface area contributed by atoms with Gasteiger partial charge in [0.05, 0.1) is 5.56 Å². The first-order chi connectivity index (χ1) is 8.25. The Hall–Kier alpha value is -1.17. The molecule has 0 aliphatic carbocycles. The number of rotatable bonds is 6. The zero-order valence-corrected chi connectivity index (χ0v) is 10.9. The van der Waals surface area contributed by atoms with Crippen molar-refractivity contribution in [1.29, 1.82) is 0 Å². The third-order valence-corrected chi connectivity index (χ3v) is 4.24. The van der Waals surface area contributed by atoms with Crippen molar-refractivity contribution in [2.45, 2.75) is 13.0 Å². The van der Waals surface area contributed by atoms with E-state index in [0.717, 1.165) is 24.4 Å². The van der Waals surface area contributed by atoms with Crippen molar-refractivity contribution in [3.63, 3.8) is 0 Å². The number of amides is 1. The molecule has 0 spiro atoms.